The molecule has 10 nitrogen and oxygen atoms in total. The van der Waals surface area contributed by atoms with Gasteiger partial charge in [0.15, 0.2) is 0 Å². The van der Waals surface area contributed by atoms with Gasteiger partial charge >= 0.3 is 6.01 Å². The highest BCUT2D eigenvalue weighted by atomic mass is 16.5. The number of hydrogen-bond donors (Lipinski definition) is 0. The van der Waals surface area contributed by atoms with E-state index in [0.29, 0.717) is 66.5 Å². The third-order valence-electron chi connectivity index (χ3n) is 9.31. The summed E-state index contributed by atoms with van der Waals surface area (Å²) in [6.07, 6.45) is 5.49. The van der Waals surface area contributed by atoms with Crippen LogP contribution >= 0.6 is 0 Å². The number of nitriles is 1. The Bertz CT molecular complexity index is 1570. The van der Waals surface area contributed by atoms with E-state index in [9.17, 15) is 10.1 Å². The molecule has 222 valence electrons. The summed E-state index contributed by atoms with van der Waals surface area (Å²) in [7, 11) is 1.61. The Labute approximate surface area is 251 Å². The lowest BCUT2D eigenvalue weighted by Gasteiger charge is -2.31. The monoisotopic (exact) mass is 580 g/mol. The normalized spacial score (nSPS) is 19.6. The predicted octanol–water partition coefficient (Wildman–Crippen LogP) is 4.42. The number of methoxy groups -OCH3 is 1. The lowest BCUT2D eigenvalue weighted by Crippen LogP contribution is -2.43. The van der Waals surface area contributed by atoms with Crippen molar-refractivity contribution in [3.8, 4) is 29.0 Å². The Balaban J connectivity index is 1.27. The van der Waals surface area contributed by atoms with Crippen LogP contribution < -0.4 is 19.3 Å². The second kappa shape index (κ2) is 11.5. The average Bonchev–Trinajstić information content (AvgIpc) is 3.64. The van der Waals surface area contributed by atoms with E-state index in [0.717, 1.165) is 50.0 Å². The molecule has 0 aliphatic carbocycles. The molecule has 1 aromatic heterocycles. The molecule has 43 heavy (non-hydrogen) atoms. The van der Waals surface area contributed by atoms with Crippen LogP contribution in [0.3, 0.4) is 0 Å². The van der Waals surface area contributed by atoms with Crippen LogP contribution in [0.15, 0.2) is 42.5 Å². The van der Waals surface area contributed by atoms with Crippen LogP contribution in [-0.2, 0) is 11.3 Å². The second-order valence-corrected chi connectivity index (χ2v) is 11.8. The van der Waals surface area contributed by atoms with Crippen LogP contribution in [0.4, 0.5) is 11.5 Å². The molecule has 0 radical (unpaired) electrons. The van der Waals surface area contributed by atoms with Crippen molar-refractivity contribution in [1.29, 1.82) is 5.26 Å². The summed E-state index contributed by atoms with van der Waals surface area (Å²) >= 11 is 0. The molecule has 0 saturated carbocycles. The standard InChI is InChI=1S/C33H36N6O4/c1-41-25-8-9-26(24-7-2-6-23(18-24)20-34)28(19-25)39-21-27-29(31(39)40)30(37-12-5-16-42-17-15-37)36-32(35-27)43-22-33-10-3-13-38(33)14-4-11-33/h2,6-9,18-19H,3-5,10-17,21-22H2,1H3. The van der Waals surface area contributed by atoms with E-state index in [4.69, 9.17) is 24.2 Å². The summed E-state index contributed by atoms with van der Waals surface area (Å²) in [5.74, 6) is 1.08. The lowest BCUT2D eigenvalue weighted by molar-refractivity contribution is 0.0995. The van der Waals surface area contributed by atoms with Crippen LogP contribution in [0, 0.1) is 11.3 Å². The molecule has 4 aliphatic heterocycles. The second-order valence-electron chi connectivity index (χ2n) is 11.8. The van der Waals surface area contributed by atoms with Crippen molar-refractivity contribution < 1.29 is 19.0 Å². The molecule has 7 rings (SSSR count). The molecule has 0 spiro atoms. The minimum atomic E-state index is -0.163. The van der Waals surface area contributed by atoms with Crippen molar-refractivity contribution in [3.63, 3.8) is 0 Å². The van der Waals surface area contributed by atoms with Crippen LogP contribution in [0.2, 0.25) is 0 Å². The van der Waals surface area contributed by atoms with E-state index in [1.165, 1.54) is 12.8 Å². The molecular formula is C33H36N6O4. The van der Waals surface area contributed by atoms with Gasteiger partial charge in [-0.15, -0.1) is 0 Å². The van der Waals surface area contributed by atoms with E-state index >= 15 is 0 Å². The predicted molar refractivity (Wildman–Crippen MR) is 162 cm³/mol. The molecule has 3 saturated heterocycles. The molecule has 10 heteroatoms. The molecule has 0 bridgehead atoms. The van der Waals surface area contributed by atoms with Gasteiger partial charge in [0, 0.05) is 31.3 Å². The van der Waals surface area contributed by atoms with Crippen molar-refractivity contribution in [2.75, 3.05) is 62.9 Å². The van der Waals surface area contributed by atoms with Crippen LogP contribution in [-0.4, -0.2) is 79.4 Å². The van der Waals surface area contributed by atoms with Gasteiger partial charge < -0.3 is 24.0 Å². The topological polar surface area (TPSA) is 104 Å². The number of carbonyl (C=O) groups excluding carboxylic acids is 1. The molecule has 1 amide bonds. The fourth-order valence-corrected chi connectivity index (χ4v) is 7.13. The summed E-state index contributed by atoms with van der Waals surface area (Å²) < 4.78 is 17.7. The first-order chi connectivity index (χ1) is 21.1. The van der Waals surface area contributed by atoms with Gasteiger partial charge in [0.1, 0.15) is 23.7 Å². The number of aromatic nitrogens is 2. The Morgan fingerprint density at radius 1 is 1.02 bits per heavy atom. The number of anilines is 2. The lowest BCUT2D eigenvalue weighted by atomic mass is 9.95. The Morgan fingerprint density at radius 2 is 1.88 bits per heavy atom. The summed E-state index contributed by atoms with van der Waals surface area (Å²) in [6.45, 7) is 5.70. The summed E-state index contributed by atoms with van der Waals surface area (Å²) in [6, 6.07) is 15.6. The largest absolute Gasteiger partial charge is 0.497 e. The number of benzene rings is 2. The highest BCUT2D eigenvalue weighted by Gasteiger charge is 2.45. The first kappa shape index (κ1) is 27.6. The van der Waals surface area contributed by atoms with Crippen molar-refractivity contribution in [2.24, 2.45) is 0 Å². The van der Waals surface area contributed by atoms with E-state index in [2.05, 4.69) is 15.9 Å². The Morgan fingerprint density at radius 3 is 2.70 bits per heavy atom. The number of ether oxygens (including phenoxy) is 3. The van der Waals surface area contributed by atoms with Gasteiger partial charge in [0.2, 0.25) is 0 Å². The first-order valence-corrected chi connectivity index (χ1v) is 15.2. The van der Waals surface area contributed by atoms with Crippen molar-refractivity contribution in [3.05, 3.63) is 59.3 Å². The maximum absolute atomic E-state index is 14.3. The maximum Gasteiger partial charge on any atom is 0.318 e. The molecule has 0 N–H and O–H groups in total. The number of rotatable bonds is 7. The van der Waals surface area contributed by atoms with Gasteiger partial charge in [-0.25, -0.2) is 0 Å². The van der Waals surface area contributed by atoms with E-state index in [-0.39, 0.29) is 18.0 Å². The highest BCUT2D eigenvalue weighted by Crippen LogP contribution is 2.42. The zero-order chi connectivity index (χ0) is 29.4. The van der Waals surface area contributed by atoms with E-state index in [1.54, 1.807) is 18.1 Å². The van der Waals surface area contributed by atoms with Crippen molar-refractivity contribution in [2.45, 2.75) is 44.2 Å². The average molecular weight is 581 g/mol. The van der Waals surface area contributed by atoms with Gasteiger partial charge in [-0.05, 0) is 75.0 Å². The third kappa shape index (κ3) is 5.07. The molecular weight excluding hydrogens is 544 g/mol. The van der Waals surface area contributed by atoms with Crippen LogP contribution in [0.25, 0.3) is 11.1 Å². The van der Waals surface area contributed by atoms with Crippen molar-refractivity contribution in [1.82, 2.24) is 14.9 Å². The van der Waals surface area contributed by atoms with Gasteiger partial charge in [0.05, 0.1) is 48.8 Å². The fourth-order valence-electron chi connectivity index (χ4n) is 7.13. The van der Waals surface area contributed by atoms with Gasteiger partial charge in [-0.1, -0.05) is 12.1 Å². The number of nitrogens with zero attached hydrogens (tertiary/aromatic N) is 6. The minimum Gasteiger partial charge on any atom is -0.497 e. The first-order valence-electron chi connectivity index (χ1n) is 15.2. The number of amides is 1. The fraction of sp³-hybridized carbons (Fsp3) is 0.455. The molecule has 0 unspecified atom stereocenters. The van der Waals surface area contributed by atoms with Crippen LogP contribution in [0.1, 0.15) is 53.7 Å². The quantitative estimate of drug-likeness (QED) is 0.402. The molecule has 4 aliphatic rings. The SMILES string of the molecule is COc1ccc(-c2cccc(C#N)c2)c(N2Cc3nc(OCC45CCCN4CCC5)nc(N4CCCOCC4)c3C2=O)c1. The van der Waals surface area contributed by atoms with E-state index < -0.39 is 0 Å². The Hall–Kier alpha value is -4.20. The van der Waals surface area contributed by atoms with Gasteiger partial charge in [0.25, 0.3) is 5.91 Å². The van der Waals surface area contributed by atoms with Gasteiger partial charge in [-0.3, -0.25) is 9.69 Å². The number of fused-ring (bicyclic) bond motifs is 2. The zero-order valence-corrected chi connectivity index (χ0v) is 24.6. The highest BCUT2D eigenvalue weighted by molar-refractivity contribution is 6.14. The molecule has 2 aromatic carbocycles. The number of hydrogen-bond acceptors (Lipinski definition) is 9. The maximum atomic E-state index is 14.3. The smallest absolute Gasteiger partial charge is 0.318 e. The molecule has 3 fully saturated rings. The summed E-state index contributed by atoms with van der Waals surface area (Å²) in [4.78, 5) is 30.5. The molecule has 0 atom stereocenters. The minimum absolute atomic E-state index is 0.0638. The van der Waals surface area contributed by atoms with Gasteiger partial charge in [-0.2, -0.15) is 15.2 Å². The summed E-state index contributed by atoms with van der Waals surface area (Å²) in [5.41, 5.74) is 4.14. The summed E-state index contributed by atoms with van der Waals surface area (Å²) in [5, 5.41) is 9.52. The van der Waals surface area contributed by atoms with Crippen molar-refractivity contribution >= 4 is 17.4 Å². The third-order valence-corrected chi connectivity index (χ3v) is 9.31. The molecule has 5 heterocycles. The number of carbonyl (C=O) groups is 1. The zero-order valence-electron chi connectivity index (χ0n) is 24.6. The van der Waals surface area contributed by atoms with E-state index in [1.807, 2.05) is 36.4 Å². The Kier molecular flexibility index (Phi) is 7.37. The molecule has 3 aromatic rings. The van der Waals surface area contributed by atoms with Crippen LogP contribution in [0.5, 0.6) is 11.8 Å².